The van der Waals surface area contributed by atoms with Crippen LogP contribution in [0, 0.1) is 0 Å². The highest BCUT2D eigenvalue weighted by molar-refractivity contribution is 7.80. The van der Waals surface area contributed by atoms with E-state index in [9.17, 15) is 19.8 Å². The molecule has 4 heterocycles. The molecule has 2 aliphatic heterocycles. The maximum absolute atomic E-state index is 11.6. The van der Waals surface area contributed by atoms with Crippen molar-refractivity contribution in [2.45, 2.75) is 12.1 Å². The number of benzene rings is 2. The smallest absolute Gasteiger partial charge is 0.335 e. The highest BCUT2D eigenvalue weighted by Crippen LogP contribution is 2.45. The summed E-state index contributed by atoms with van der Waals surface area (Å²) in [5.41, 5.74) is 1.49. The summed E-state index contributed by atoms with van der Waals surface area (Å²) in [6.45, 7) is 0.136. The predicted octanol–water partition coefficient (Wildman–Crippen LogP) is 4.64. The van der Waals surface area contributed by atoms with Crippen LogP contribution in [0.5, 0.6) is 11.5 Å². The molecule has 0 aliphatic carbocycles. The van der Waals surface area contributed by atoms with E-state index in [2.05, 4.69) is 10.3 Å². The molecule has 0 saturated carbocycles. The molecule has 3 N–H and O–H groups in total. The molecular weight excluding hydrogens is 510 g/mol. The number of aromatic nitrogens is 1. The number of rotatable bonds is 6. The third-order valence-corrected chi connectivity index (χ3v) is 6.68. The van der Waals surface area contributed by atoms with Crippen LogP contribution in [0.1, 0.15) is 44.3 Å². The molecule has 38 heavy (non-hydrogen) atoms. The topological polar surface area (TPSA) is 134 Å². The number of furan rings is 1. The van der Waals surface area contributed by atoms with Gasteiger partial charge >= 0.3 is 11.9 Å². The van der Waals surface area contributed by atoms with Crippen molar-refractivity contribution >= 4 is 35.0 Å². The Morgan fingerprint density at radius 3 is 2.42 bits per heavy atom. The number of anilines is 1. The summed E-state index contributed by atoms with van der Waals surface area (Å²) in [5, 5.41) is 22.7. The van der Waals surface area contributed by atoms with E-state index in [4.69, 9.17) is 26.1 Å². The molecule has 190 valence electrons. The standard InChI is InChI=1S/C27H19N3O7S/c31-25(32)15-9-14(10-16(11-15)26(33)34)19-6-7-21(37-19)24-23(18-3-1-2-8-28-18)29-27(38)30(24)17-4-5-20-22(12-17)36-13-35-20/h1-12,23-24H,13H2,(H,29,38)(H,31,32)(H,33,34)/t23-,24-/m1/s1. The average molecular weight is 530 g/mol. The lowest BCUT2D eigenvalue weighted by Gasteiger charge is -2.26. The molecule has 2 aromatic carbocycles. The number of carbonyl (C=O) groups is 2. The largest absolute Gasteiger partial charge is 0.478 e. The predicted molar refractivity (Wildman–Crippen MR) is 139 cm³/mol. The number of ether oxygens (including phenoxy) is 2. The molecule has 11 heteroatoms. The number of fused-ring (bicyclic) bond motifs is 1. The molecular formula is C27H19N3O7S. The molecule has 1 fully saturated rings. The van der Waals surface area contributed by atoms with Crippen molar-refractivity contribution in [2.24, 2.45) is 0 Å². The normalized spacial score (nSPS) is 17.9. The van der Waals surface area contributed by atoms with Crippen molar-refractivity contribution < 1.29 is 33.7 Å². The van der Waals surface area contributed by atoms with Gasteiger partial charge in [0.05, 0.1) is 22.9 Å². The van der Waals surface area contributed by atoms with Gasteiger partial charge in [0.2, 0.25) is 6.79 Å². The van der Waals surface area contributed by atoms with E-state index >= 15 is 0 Å². The first-order valence-corrected chi connectivity index (χ1v) is 11.9. The maximum Gasteiger partial charge on any atom is 0.335 e. The SMILES string of the molecule is O=C(O)c1cc(C(=O)O)cc(-c2ccc([C@@H]3[C@@H](c4ccccn4)NC(=S)N3c3ccc4c(c3)OCO4)o2)c1. The van der Waals surface area contributed by atoms with Gasteiger partial charge in [0.25, 0.3) is 0 Å². The van der Waals surface area contributed by atoms with Gasteiger partial charge in [-0.3, -0.25) is 4.98 Å². The first-order valence-electron chi connectivity index (χ1n) is 11.5. The lowest BCUT2D eigenvalue weighted by atomic mass is 10.0. The lowest BCUT2D eigenvalue weighted by molar-refractivity contribution is 0.0696. The molecule has 0 amide bonds. The van der Waals surface area contributed by atoms with E-state index in [1.54, 1.807) is 18.3 Å². The summed E-state index contributed by atoms with van der Waals surface area (Å²) in [6, 6.07) is 17.5. The Labute approximate surface area is 221 Å². The van der Waals surface area contributed by atoms with Crippen LogP contribution in [-0.4, -0.2) is 39.0 Å². The Morgan fingerprint density at radius 1 is 0.947 bits per heavy atom. The van der Waals surface area contributed by atoms with Crippen molar-refractivity contribution in [3.8, 4) is 22.8 Å². The third kappa shape index (κ3) is 4.08. The first kappa shape index (κ1) is 23.5. The van der Waals surface area contributed by atoms with Crippen LogP contribution in [0.2, 0.25) is 0 Å². The van der Waals surface area contributed by atoms with Crippen LogP contribution in [0.4, 0.5) is 5.69 Å². The van der Waals surface area contributed by atoms with Gasteiger partial charge in [0.15, 0.2) is 16.6 Å². The average Bonchev–Trinajstić information content (AvgIpc) is 3.66. The highest BCUT2D eigenvalue weighted by atomic mass is 32.1. The fourth-order valence-electron chi connectivity index (χ4n) is 4.64. The molecule has 0 radical (unpaired) electrons. The molecule has 1 saturated heterocycles. The number of hydrogen-bond donors (Lipinski definition) is 3. The number of aromatic carboxylic acids is 2. The second-order valence-corrected chi connectivity index (χ2v) is 9.03. The fourth-order valence-corrected chi connectivity index (χ4v) is 4.99. The second-order valence-electron chi connectivity index (χ2n) is 8.65. The van der Waals surface area contributed by atoms with Gasteiger partial charge in [-0.15, -0.1) is 0 Å². The Bertz CT molecular complexity index is 1550. The molecule has 0 unspecified atom stereocenters. The molecule has 10 nitrogen and oxygen atoms in total. The van der Waals surface area contributed by atoms with Gasteiger partial charge in [-0.05, 0) is 66.8 Å². The number of carboxylic acid groups (broad SMARTS) is 2. The van der Waals surface area contributed by atoms with Crippen LogP contribution in [0.3, 0.4) is 0 Å². The van der Waals surface area contributed by atoms with E-state index in [1.165, 1.54) is 12.1 Å². The van der Waals surface area contributed by atoms with Crippen molar-refractivity contribution in [3.63, 3.8) is 0 Å². The van der Waals surface area contributed by atoms with Crippen LogP contribution in [0.15, 0.2) is 77.3 Å². The molecule has 0 bridgehead atoms. The van der Waals surface area contributed by atoms with Crippen molar-refractivity contribution in [1.82, 2.24) is 10.3 Å². The summed E-state index contributed by atoms with van der Waals surface area (Å²) in [5.74, 6) is -0.423. The number of nitrogens with zero attached hydrogens (tertiary/aromatic N) is 2. The summed E-state index contributed by atoms with van der Waals surface area (Å²) < 4.78 is 17.3. The highest BCUT2D eigenvalue weighted by Gasteiger charge is 2.43. The van der Waals surface area contributed by atoms with Gasteiger partial charge < -0.3 is 34.3 Å². The number of carboxylic acids is 2. The van der Waals surface area contributed by atoms with Crippen molar-refractivity contribution in [3.05, 3.63) is 95.5 Å². The van der Waals surface area contributed by atoms with E-state index in [-0.39, 0.29) is 24.0 Å². The molecule has 2 atom stereocenters. The molecule has 6 rings (SSSR count). The van der Waals surface area contributed by atoms with Gasteiger partial charge in [-0.1, -0.05) is 6.07 Å². The zero-order valence-corrected chi connectivity index (χ0v) is 20.3. The molecule has 2 aromatic heterocycles. The van der Waals surface area contributed by atoms with Gasteiger partial charge in [-0.2, -0.15) is 0 Å². The number of thiocarbonyl (C=S) groups is 1. The Kier molecular flexibility index (Phi) is 5.69. The minimum Gasteiger partial charge on any atom is -0.478 e. The Morgan fingerprint density at radius 2 is 1.71 bits per heavy atom. The van der Waals surface area contributed by atoms with Gasteiger partial charge in [0, 0.05) is 23.5 Å². The minimum absolute atomic E-state index is 0.136. The Hall–Kier alpha value is -4.90. The zero-order chi connectivity index (χ0) is 26.4. The molecule has 2 aliphatic rings. The summed E-state index contributed by atoms with van der Waals surface area (Å²) in [4.78, 5) is 29.6. The third-order valence-electron chi connectivity index (χ3n) is 6.36. The van der Waals surface area contributed by atoms with E-state index < -0.39 is 18.0 Å². The quantitative estimate of drug-likeness (QED) is 0.301. The fraction of sp³-hybridized carbons (Fsp3) is 0.111. The zero-order valence-electron chi connectivity index (χ0n) is 19.5. The summed E-state index contributed by atoms with van der Waals surface area (Å²) in [6.07, 6.45) is 1.69. The monoisotopic (exact) mass is 529 g/mol. The maximum atomic E-state index is 11.6. The Balaban J connectivity index is 1.45. The van der Waals surface area contributed by atoms with Crippen LogP contribution in [-0.2, 0) is 0 Å². The van der Waals surface area contributed by atoms with E-state index in [1.807, 2.05) is 41.3 Å². The van der Waals surface area contributed by atoms with E-state index in [0.29, 0.717) is 33.7 Å². The molecule has 0 spiro atoms. The second kappa shape index (κ2) is 9.20. The van der Waals surface area contributed by atoms with Crippen molar-refractivity contribution in [2.75, 3.05) is 11.7 Å². The van der Waals surface area contributed by atoms with Crippen LogP contribution < -0.4 is 19.7 Å². The van der Waals surface area contributed by atoms with Crippen LogP contribution in [0.25, 0.3) is 11.3 Å². The number of hydrogen-bond acceptors (Lipinski definition) is 7. The molecule has 4 aromatic rings. The number of nitrogens with one attached hydrogen (secondary N) is 1. The van der Waals surface area contributed by atoms with Crippen molar-refractivity contribution in [1.29, 1.82) is 0 Å². The lowest BCUT2D eigenvalue weighted by Crippen LogP contribution is -2.29. The number of pyridine rings is 1. The van der Waals surface area contributed by atoms with E-state index in [0.717, 1.165) is 17.4 Å². The van der Waals surface area contributed by atoms with Gasteiger partial charge in [0.1, 0.15) is 17.6 Å². The van der Waals surface area contributed by atoms with Crippen LogP contribution >= 0.6 is 12.2 Å². The summed E-state index contributed by atoms with van der Waals surface area (Å²) >= 11 is 5.74. The summed E-state index contributed by atoms with van der Waals surface area (Å²) in [7, 11) is 0. The van der Waals surface area contributed by atoms with Gasteiger partial charge in [-0.25, -0.2) is 9.59 Å². The minimum atomic E-state index is -1.24. The first-order chi connectivity index (χ1) is 18.4.